The van der Waals surface area contributed by atoms with Gasteiger partial charge in [-0.05, 0) is 24.7 Å². The van der Waals surface area contributed by atoms with E-state index in [-0.39, 0.29) is 17.9 Å². The summed E-state index contributed by atoms with van der Waals surface area (Å²) in [5, 5.41) is 19.4. The highest BCUT2D eigenvalue weighted by Gasteiger charge is 2.58. The Balaban J connectivity index is 2.10. The van der Waals surface area contributed by atoms with Crippen LogP contribution in [-0.2, 0) is 4.79 Å². The predicted molar refractivity (Wildman–Crippen MR) is 52.0 cm³/mol. The van der Waals surface area contributed by atoms with Crippen LogP contribution in [0.5, 0.6) is 0 Å². The van der Waals surface area contributed by atoms with Crippen molar-refractivity contribution in [3.8, 4) is 0 Å². The minimum Gasteiger partial charge on any atom is -0.481 e. The molecule has 0 spiro atoms. The molecule has 1 N–H and O–H groups in total. The van der Waals surface area contributed by atoms with Crippen molar-refractivity contribution in [2.45, 2.75) is 32.1 Å². The zero-order valence-corrected chi connectivity index (χ0v) is 8.52. The summed E-state index contributed by atoms with van der Waals surface area (Å²) in [7, 11) is 0. The molecule has 2 saturated carbocycles. The molecule has 0 heterocycles. The van der Waals surface area contributed by atoms with Gasteiger partial charge >= 0.3 is 5.97 Å². The van der Waals surface area contributed by atoms with Gasteiger partial charge in [0.25, 0.3) is 0 Å². The van der Waals surface area contributed by atoms with Crippen molar-refractivity contribution in [2.24, 2.45) is 17.3 Å². The van der Waals surface area contributed by atoms with E-state index >= 15 is 0 Å². The van der Waals surface area contributed by atoms with Crippen molar-refractivity contribution < 1.29 is 14.8 Å². The molecule has 2 fully saturated rings. The molecule has 3 atom stereocenters. The lowest BCUT2D eigenvalue weighted by atomic mass is 9.53. The highest BCUT2D eigenvalue weighted by atomic mass is 16.6. The molecular weight excluding hydrogens is 198 g/mol. The van der Waals surface area contributed by atoms with Crippen LogP contribution in [0.25, 0.3) is 0 Å². The van der Waals surface area contributed by atoms with Gasteiger partial charge in [0, 0.05) is 10.3 Å². The molecule has 0 radical (unpaired) electrons. The third-order valence-electron chi connectivity index (χ3n) is 4.06. The Morgan fingerprint density at radius 2 is 2.27 bits per heavy atom. The Labute approximate surface area is 87.6 Å². The van der Waals surface area contributed by atoms with Crippen LogP contribution in [0.3, 0.4) is 0 Å². The molecule has 5 heteroatoms. The molecule has 0 bridgehead atoms. The Morgan fingerprint density at radius 1 is 1.53 bits per heavy atom. The normalized spacial score (nSPS) is 38.1. The zero-order chi connectivity index (χ0) is 11.1. The van der Waals surface area contributed by atoms with Crippen molar-refractivity contribution >= 4 is 5.97 Å². The van der Waals surface area contributed by atoms with Gasteiger partial charge in [0.1, 0.15) is 0 Å². The van der Waals surface area contributed by atoms with Crippen molar-refractivity contribution in [1.82, 2.24) is 0 Å². The number of carboxylic acid groups (broad SMARTS) is 1. The van der Waals surface area contributed by atoms with Crippen molar-refractivity contribution in [3.05, 3.63) is 10.1 Å². The van der Waals surface area contributed by atoms with E-state index in [1.807, 2.05) is 0 Å². The molecule has 0 aliphatic heterocycles. The topological polar surface area (TPSA) is 80.4 Å². The summed E-state index contributed by atoms with van der Waals surface area (Å²) >= 11 is 0. The van der Waals surface area contributed by atoms with E-state index in [0.717, 1.165) is 25.7 Å². The van der Waals surface area contributed by atoms with Crippen molar-refractivity contribution in [1.29, 1.82) is 0 Å². The number of hydrogen-bond acceptors (Lipinski definition) is 3. The Bertz CT molecular complexity index is 286. The maximum atomic E-state index is 10.8. The van der Waals surface area contributed by atoms with Gasteiger partial charge in [-0.25, -0.2) is 0 Å². The molecule has 0 aromatic carbocycles. The maximum Gasteiger partial charge on any atom is 0.304 e. The molecule has 0 aromatic heterocycles. The highest BCUT2D eigenvalue weighted by molar-refractivity contribution is 5.68. The van der Waals surface area contributed by atoms with Gasteiger partial charge in [0.05, 0.1) is 6.42 Å². The second-order valence-electron chi connectivity index (χ2n) is 4.93. The SMILES string of the molecule is O=C(O)C[C@@]1(C[N+](=O)[O-])CC2CCCC21. The fraction of sp³-hybridized carbons (Fsp3) is 0.900. The highest BCUT2D eigenvalue weighted by Crippen LogP contribution is 2.60. The van der Waals surface area contributed by atoms with Gasteiger partial charge in [-0.3, -0.25) is 14.9 Å². The minimum absolute atomic E-state index is 0.0326. The zero-order valence-electron chi connectivity index (χ0n) is 8.52. The van der Waals surface area contributed by atoms with Crippen LogP contribution < -0.4 is 0 Å². The molecule has 84 valence electrons. The van der Waals surface area contributed by atoms with Crippen LogP contribution >= 0.6 is 0 Å². The Hall–Kier alpha value is -1.13. The molecule has 2 aliphatic carbocycles. The summed E-state index contributed by atoms with van der Waals surface area (Å²) in [6, 6.07) is 0. The van der Waals surface area contributed by atoms with Crippen LogP contribution in [0.4, 0.5) is 0 Å². The Kier molecular flexibility index (Phi) is 2.40. The van der Waals surface area contributed by atoms with Gasteiger partial charge in [-0.2, -0.15) is 0 Å². The molecule has 5 nitrogen and oxygen atoms in total. The largest absolute Gasteiger partial charge is 0.481 e. The molecule has 0 saturated heterocycles. The fourth-order valence-corrected chi connectivity index (χ4v) is 3.60. The molecule has 2 unspecified atom stereocenters. The molecular formula is C10H15NO4. The number of aliphatic carboxylic acids is 1. The lowest BCUT2D eigenvalue weighted by Gasteiger charge is -2.49. The number of fused-ring (bicyclic) bond motifs is 1. The van der Waals surface area contributed by atoms with E-state index in [0.29, 0.717) is 11.8 Å². The summed E-state index contributed by atoms with van der Waals surface area (Å²) < 4.78 is 0. The molecule has 0 aromatic rings. The van der Waals surface area contributed by atoms with Gasteiger partial charge in [0.15, 0.2) is 0 Å². The van der Waals surface area contributed by atoms with Crippen LogP contribution in [0.15, 0.2) is 0 Å². The van der Waals surface area contributed by atoms with E-state index in [2.05, 4.69) is 0 Å². The van der Waals surface area contributed by atoms with E-state index in [1.54, 1.807) is 0 Å². The second kappa shape index (κ2) is 3.47. The van der Waals surface area contributed by atoms with Gasteiger partial charge < -0.3 is 5.11 Å². The number of rotatable bonds is 4. The summed E-state index contributed by atoms with van der Waals surface area (Å²) in [4.78, 5) is 21.0. The van der Waals surface area contributed by atoms with Crippen molar-refractivity contribution in [2.75, 3.05) is 6.54 Å². The number of carbonyl (C=O) groups is 1. The molecule has 2 aliphatic rings. The lowest BCUT2D eigenvalue weighted by Crippen LogP contribution is -2.50. The third-order valence-corrected chi connectivity index (χ3v) is 4.06. The summed E-state index contributed by atoms with van der Waals surface area (Å²) in [5.74, 6) is -0.0505. The monoisotopic (exact) mass is 213 g/mol. The Morgan fingerprint density at radius 3 is 2.80 bits per heavy atom. The first kappa shape index (κ1) is 10.4. The number of nitro groups is 1. The second-order valence-corrected chi connectivity index (χ2v) is 4.93. The fourth-order valence-electron chi connectivity index (χ4n) is 3.60. The van der Waals surface area contributed by atoms with Gasteiger partial charge in [0.2, 0.25) is 6.54 Å². The number of carboxylic acids is 1. The average molecular weight is 213 g/mol. The van der Waals surface area contributed by atoms with E-state index < -0.39 is 11.4 Å². The smallest absolute Gasteiger partial charge is 0.304 e. The van der Waals surface area contributed by atoms with Gasteiger partial charge in [-0.1, -0.05) is 12.8 Å². The van der Waals surface area contributed by atoms with Crippen LogP contribution in [-0.4, -0.2) is 22.5 Å². The first-order valence-corrected chi connectivity index (χ1v) is 5.37. The average Bonchev–Trinajstić information content (AvgIpc) is 2.44. The van der Waals surface area contributed by atoms with Crippen LogP contribution in [0.2, 0.25) is 0 Å². The third kappa shape index (κ3) is 1.70. The van der Waals surface area contributed by atoms with E-state index in [1.165, 1.54) is 0 Å². The summed E-state index contributed by atoms with van der Waals surface area (Å²) in [5.41, 5.74) is -0.531. The summed E-state index contributed by atoms with van der Waals surface area (Å²) in [6.07, 6.45) is 3.92. The quantitative estimate of drug-likeness (QED) is 0.567. The standard InChI is InChI=1S/C10H15NO4/c12-9(13)5-10(6-11(14)15)4-7-2-1-3-8(7)10/h7-8H,1-6H2,(H,12,13)/t7?,8?,10-/m1/s1. The van der Waals surface area contributed by atoms with Gasteiger partial charge in [-0.15, -0.1) is 0 Å². The van der Waals surface area contributed by atoms with E-state index in [4.69, 9.17) is 5.11 Å². The maximum absolute atomic E-state index is 10.8. The van der Waals surface area contributed by atoms with Crippen LogP contribution in [0.1, 0.15) is 32.1 Å². The first-order chi connectivity index (χ1) is 7.03. The molecule has 15 heavy (non-hydrogen) atoms. The van der Waals surface area contributed by atoms with E-state index in [9.17, 15) is 14.9 Å². The first-order valence-electron chi connectivity index (χ1n) is 5.37. The van der Waals surface area contributed by atoms with Crippen LogP contribution in [0, 0.1) is 27.4 Å². The number of nitrogens with zero attached hydrogens (tertiary/aromatic N) is 1. The molecule has 2 rings (SSSR count). The molecule has 0 amide bonds. The van der Waals surface area contributed by atoms with Crippen molar-refractivity contribution in [3.63, 3.8) is 0 Å². The number of hydrogen-bond donors (Lipinski definition) is 1. The lowest BCUT2D eigenvalue weighted by molar-refractivity contribution is -0.506. The summed E-state index contributed by atoms with van der Waals surface area (Å²) in [6.45, 7) is -0.166. The minimum atomic E-state index is -0.901. The predicted octanol–water partition coefficient (Wildman–Crippen LogP) is 1.54.